The van der Waals surface area contributed by atoms with Gasteiger partial charge in [-0.3, -0.25) is 9.35 Å². The van der Waals surface area contributed by atoms with Crippen molar-refractivity contribution in [2.45, 2.75) is 13.1 Å². The lowest BCUT2D eigenvalue weighted by atomic mass is 9.95. The van der Waals surface area contributed by atoms with Crippen molar-refractivity contribution in [3.8, 4) is 5.75 Å². The maximum absolute atomic E-state index is 13.3. The maximum Gasteiger partial charge on any atom is 0.446 e. The molecule has 22 heavy (non-hydrogen) atoms. The third-order valence-electron chi connectivity index (χ3n) is 2.84. The lowest BCUT2D eigenvalue weighted by Crippen LogP contribution is -2.17. The third kappa shape index (κ3) is 3.20. The van der Waals surface area contributed by atoms with Crippen LogP contribution in [0.5, 0.6) is 5.75 Å². The molecule has 0 heterocycles. The van der Waals surface area contributed by atoms with Gasteiger partial charge in [0.25, 0.3) is 0 Å². The second-order valence-electron chi connectivity index (χ2n) is 4.41. The van der Waals surface area contributed by atoms with Crippen LogP contribution in [0.25, 0.3) is 10.8 Å². The van der Waals surface area contributed by atoms with E-state index in [1.165, 1.54) is 24.3 Å². The Bertz CT molecular complexity index is 856. The number of carbonyl (C=O) groups excluding carboxylic acids is 1. The van der Waals surface area contributed by atoms with Crippen LogP contribution in [0.2, 0.25) is 0 Å². The summed E-state index contributed by atoms with van der Waals surface area (Å²) in [4.78, 5) is 11.7. The number of alkyl halides is 3. The zero-order valence-electron chi connectivity index (χ0n) is 11.0. The number of hydrogen-bond acceptors (Lipinski definition) is 4. The molecule has 118 valence electrons. The fourth-order valence-electron chi connectivity index (χ4n) is 2.15. The van der Waals surface area contributed by atoms with Crippen molar-refractivity contribution in [1.82, 2.24) is 0 Å². The monoisotopic (exact) mass is 334 g/mol. The molecular formula is C13H9F3O5S. The Morgan fingerprint density at radius 3 is 2.32 bits per heavy atom. The summed E-state index contributed by atoms with van der Waals surface area (Å²) >= 11 is 0. The molecule has 0 amide bonds. The molecule has 0 radical (unpaired) electrons. The first-order valence-electron chi connectivity index (χ1n) is 5.81. The predicted molar refractivity (Wildman–Crippen MR) is 71.1 cm³/mol. The summed E-state index contributed by atoms with van der Waals surface area (Å²) in [6.45, 7) is 0.925. The highest BCUT2D eigenvalue weighted by atomic mass is 32.3. The average Bonchev–Trinajstić information content (AvgIpc) is 2.33. The van der Waals surface area contributed by atoms with Crippen LogP contribution in [0.3, 0.4) is 0 Å². The molecule has 2 rings (SSSR count). The normalized spacial score (nSPS) is 12.4. The van der Waals surface area contributed by atoms with Gasteiger partial charge in [-0.05, 0) is 23.8 Å². The van der Waals surface area contributed by atoms with Gasteiger partial charge in [0.2, 0.25) is 0 Å². The van der Waals surface area contributed by atoms with Gasteiger partial charge >= 0.3 is 16.6 Å². The Morgan fingerprint density at radius 1 is 1.23 bits per heavy atom. The molecule has 0 saturated carbocycles. The molecule has 1 N–H and O–H groups in total. The Morgan fingerprint density at radius 2 is 1.82 bits per heavy atom. The van der Waals surface area contributed by atoms with E-state index in [2.05, 4.69) is 4.18 Å². The number of hydrogen-bond donors (Lipinski definition) is 1. The number of halogens is 3. The molecule has 0 atom stereocenters. The van der Waals surface area contributed by atoms with E-state index in [0.717, 1.165) is 13.0 Å². The van der Waals surface area contributed by atoms with Crippen LogP contribution in [0.15, 0.2) is 30.3 Å². The van der Waals surface area contributed by atoms with Gasteiger partial charge < -0.3 is 4.18 Å². The number of fused-ring (bicyclic) bond motifs is 1. The van der Waals surface area contributed by atoms with Gasteiger partial charge in [-0.15, -0.1) is 0 Å². The van der Waals surface area contributed by atoms with Crippen molar-refractivity contribution in [3.05, 3.63) is 41.5 Å². The van der Waals surface area contributed by atoms with Gasteiger partial charge in [-0.25, -0.2) is 0 Å². The molecule has 2 aromatic rings. The molecule has 2 aromatic carbocycles. The lowest BCUT2D eigenvalue weighted by Gasteiger charge is -2.17. The number of ketones is 1. The van der Waals surface area contributed by atoms with Crippen molar-refractivity contribution in [3.63, 3.8) is 0 Å². The number of benzene rings is 2. The molecule has 0 spiro atoms. The second kappa shape index (κ2) is 5.25. The van der Waals surface area contributed by atoms with Crippen molar-refractivity contribution < 1.29 is 35.1 Å². The van der Waals surface area contributed by atoms with E-state index in [1.54, 1.807) is 0 Å². The van der Waals surface area contributed by atoms with Crippen LogP contribution in [-0.2, 0) is 16.6 Å². The Labute approximate surface area is 123 Å². The zero-order valence-corrected chi connectivity index (χ0v) is 11.8. The van der Waals surface area contributed by atoms with Crippen LogP contribution in [0.1, 0.15) is 22.8 Å². The Balaban J connectivity index is 2.97. The van der Waals surface area contributed by atoms with Crippen LogP contribution >= 0.6 is 0 Å². The average molecular weight is 334 g/mol. The molecular weight excluding hydrogens is 325 g/mol. The van der Waals surface area contributed by atoms with E-state index in [9.17, 15) is 26.4 Å². The van der Waals surface area contributed by atoms with Gasteiger partial charge in [-0.1, -0.05) is 24.3 Å². The third-order valence-corrected chi connectivity index (χ3v) is 3.23. The van der Waals surface area contributed by atoms with Gasteiger partial charge in [0.05, 0.1) is 0 Å². The van der Waals surface area contributed by atoms with Crippen LogP contribution in [-0.4, -0.2) is 18.8 Å². The summed E-state index contributed by atoms with van der Waals surface area (Å²) in [6.07, 6.45) is -5.05. The highest BCUT2D eigenvalue weighted by molar-refractivity contribution is 7.81. The summed E-state index contributed by atoms with van der Waals surface area (Å²) in [5, 5.41) is 0.171. The van der Waals surface area contributed by atoms with Gasteiger partial charge in [0.15, 0.2) is 11.5 Å². The SMILES string of the molecule is CC(=O)c1c(C(F)(F)F)c(OS(=O)(=O)O)cc2ccccc12. The molecule has 9 heteroatoms. The molecule has 5 nitrogen and oxygen atoms in total. The molecule has 0 fully saturated rings. The Kier molecular flexibility index (Phi) is 3.88. The first kappa shape index (κ1) is 16.2. The number of Topliss-reactive ketones (excluding diaryl/α,β-unsaturated/α-hetero) is 1. The first-order chi connectivity index (χ1) is 10.0. The highest BCUT2D eigenvalue weighted by Crippen LogP contribution is 2.42. The topological polar surface area (TPSA) is 80.7 Å². The summed E-state index contributed by atoms with van der Waals surface area (Å²) in [5.74, 6) is -2.07. The summed E-state index contributed by atoms with van der Waals surface area (Å²) in [7, 11) is -5.18. The fourth-order valence-corrected chi connectivity index (χ4v) is 2.51. The zero-order chi connectivity index (χ0) is 16.7. The second-order valence-corrected chi connectivity index (χ2v) is 5.43. The molecule has 0 aliphatic carbocycles. The largest absolute Gasteiger partial charge is 0.446 e. The quantitative estimate of drug-likeness (QED) is 0.688. The van der Waals surface area contributed by atoms with Crippen molar-refractivity contribution in [1.29, 1.82) is 0 Å². The summed E-state index contributed by atoms with van der Waals surface area (Å²) in [5.41, 5.74) is -2.26. The molecule has 0 aliphatic rings. The van der Waals surface area contributed by atoms with Gasteiger partial charge in [0, 0.05) is 5.56 Å². The van der Waals surface area contributed by atoms with E-state index in [1.807, 2.05) is 0 Å². The lowest BCUT2D eigenvalue weighted by molar-refractivity contribution is -0.138. The maximum atomic E-state index is 13.3. The van der Waals surface area contributed by atoms with E-state index in [4.69, 9.17) is 4.55 Å². The predicted octanol–water partition coefficient (Wildman–Crippen LogP) is 3.24. The minimum atomic E-state index is -5.18. The van der Waals surface area contributed by atoms with E-state index >= 15 is 0 Å². The van der Waals surface area contributed by atoms with Crippen molar-refractivity contribution in [2.75, 3.05) is 0 Å². The Hall–Kier alpha value is -2.13. The van der Waals surface area contributed by atoms with Crippen LogP contribution in [0, 0.1) is 0 Å². The van der Waals surface area contributed by atoms with E-state index in [0.29, 0.717) is 0 Å². The minimum absolute atomic E-state index is 0.00464. The fraction of sp³-hybridized carbons (Fsp3) is 0.154. The smallest absolute Gasteiger partial charge is 0.361 e. The summed E-state index contributed by atoms with van der Waals surface area (Å²) < 4.78 is 74.0. The van der Waals surface area contributed by atoms with E-state index < -0.39 is 39.2 Å². The molecule has 0 unspecified atom stereocenters. The molecule has 0 aliphatic heterocycles. The molecule has 0 saturated heterocycles. The molecule has 0 bridgehead atoms. The van der Waals surface area contributed by atoms with Crippen molar-refractivity contribution >= 4 is 27.0 Å². The molecule has 0 aromatic heterocycles. The highest BCUT2D eigenvalue weighted by Gasteiger charge is 2.40. The minimum Gasteiger partial charge on any atom is -0.361 e. The van der Waals surface area contributed by atoms with Gasteiger partial charge in [-0.2, -0.15) is 21.6 Å². The van der Waals surface area contributed by atoms with Gasteiger partial charge in [0.1, 0.15) is 5.56 Å². The van der Waals surface area contributed by atoms with Crippen molar-refractivity contribution in [2.24, 2.45) is 0 Å². The first-order valence-corrected chi connectivity index (χ1v) is 7.18. The summed E-state index contributed by atoms with van der Waals surface area (Å²) in [6, 6.07) is 6.44. The van der Waals surface area contributed by atoms with Crippen LogP contribution < -0.4 is 4.18 Å². The standard InChI is InChI=1S/C13H9F3O5S/c1-7(17)11-9-5-3-2-4-8(9)6-10(21-22(18,19)20)12(11)13(14,15)16/h2-6H,1H3,(H,18,19,20). The van der Waals surface area contributed by atoms with Crippen LogP contribution in [0.4, 0.5) is 13.2 Å². The number of rotatable bonds is 3. The van der Waals surface area contributed by atoms with E-state index in [-0.39, 0.29) is 10.8 Å². The number of carbonyl (C=O) groups is 1.